The van der Waals surface area contributed by atoms with E-state index in [-0.39, 0.29) is 23.5 Å². The van der Waals surface area contributed by atoms with Gasteiger partial charge in [0, 0.05) is 24.2 Å². The number of aromatic nitrogens is 3. The van der Waals surface area contributed by atoms with Crippen molar-refractivity contribution in [3.8, 4) is 5.75 Å². The van der Waals surface area contributed by atoms with Crippen LogP contribution in [0, 0.1) is 13.8 Å². The summed E-state index contributed by atoms with van der Waals surface area (Å²) in [5.74, 6) is 0.670. The number of rotatable bonds is 7. The first-order valence-electron chi connectivity index (χ1n) is 11.2. The number of hydrogen-bond donors (Lipinski definition) is 1. The minimum absolute atomic E-state index is 0.0605. The van der Waals surface area contributed by atoms with Crippen molar-refractivity contribution in [3.63, 3.8) is 0 Å². The monoisotopic (exact) mass is 520 g/mol. The molecule has 0 unspecified atom stereocenters. The first kappa shape index (κ1) is 24.1. The van der Waals surface area contributed by atoms with E-state index >= 15 is 0 Å². The maximum atomic E-state index is 14.2. The van der Waals surface area contributed by atoms with E-state index in [0.717, 1.165) is 28.2 Å². The smallest absolute Gasteiger partial charge is 0.252 e. The molecule has 0 atom stereocenters. The van der Waals surface area contributed by atoms with Crippen LogP contribution in [0.3, 0.4) is 0 Å². The van der Waals surface area contributed by atoms with Crippen LogP contribution in [0.25, 0.3) is 21.9 Å². The van der Waals surface area contributed by atoms with Crippen LogP contribution >= 0.6 is 11.7 Å². The molecule has 5 aromatic rings. The topological polar surface area (TPSA) is 105 Å². The van der Waals surface area contributed by atoms with Crippen LogP contribution < -0.4 is 10.3 Å². The van der Waals surface area contributed by atoms with E-state index in [2.05, 4.69) is 13.7 Å². The Hall–Kier alpha value is -3.60. The van der Waals surface area contributed by atoms with E-state index in [9.17, 15) is 13.2 Å². The number of hydrogen-bond acceptors (Lipinski definition) is 7. The second-order valence-corrected chi connectivity index (χ2v) is 11.1. The lowest BCUT2D eigenvalue weighted by atomic mass is 10.1. The van der Waals surface area contributed by atoms with Crippen LogP contribution in [-0.2, 0) is 23.1 Å². The fourth-order valence-electron chi connectivity index (χ4n) is 4.22. The SMILES string of the molecule is COc1ccc(CN(Cc2cc3cc(C)ccc3[nH]c2=O)S(=O)(=O)c2c(C)ccc3nsnc23)cc1. The molecule has 0 aliphatic rings. The fraction of sp³-hybridized carbons (Fsp3) is 0.192. The molecule has 0 saturated heterocycles. The molecule has 0 aliphatic carbocycles. The Balaban J connectivity index is 1.63. The van der Waals surface area contributed by atoms with Gasteiger partial charge in [-0.05, 0) is 66.8 Å². The lowest BCUT2D eigenvalue weighted by Crippen LogP contribution is -2.33. The van der Waals surface area contributed by atoms with Gasteiger partial charge in [-0.15, -0.1) is 0 Å². The summed E-state index contributed by atoms with van der Waals surface area (Å²) in [6.07, 6.45) is 0. The number of aromatic amines is 1. The summed E-state index contributed by atoms with van der Waals surface area (Å²) in [5.41, 5.74) is 3.95. The van der Waals surface area contributed by atoms with E-state index in [1.54, 1.807) is 44.4 Å². The summed E-state index contributed by atoms with van der Waals surface area (Å²) < 4.78 is 43.4. The van der Waals surface area contributed by atoms with Gasteiger partial charge in [-0.2, -0.15) is 13.1 Å². The zero-order valence-electron chi connectivity index (χ0n) is 20.0. The minimum Gasteiger partial charge on any atom is -0.497 e. The number of methoxy groups -OCH3 is 1. The van der Waals surface area contributed by atoms with Crippen molar-refractivity contribution in [1.29, 1.82) is 0 Å². The number of benzene rings is 3. The average Bonchev–Trinajstić information content (AvgIpc) is 3.33. The van der Waals surface area contributed by atoms with Crippen LogP contribution in [0.2, 0.25) is 0 Å². The highest BCUT2D eigenvalue weighted by atomic mass is 32.2. The Morgan fingerprint density at radius 2 is 1.75 bits per heavy atom. The summed E-state index contributed by atoms with van der Waals surface area (Å²) in [6, 6.07) is 18.2. The highest BCUT2D eigenvalue weighted by Gasteiger charge is 2.30. The van der Waals surface area contributed by atoms with Gasteiger partial charge < -0.3 is 9.72 Å². The molecule has 3 aromatic carbocycles. The summed E-state index contributed by atoms with van der Waals surface area (Å²) in [7, 11) is -2.49. The van der Waals surface area contributed by atoms with Gasteiger partial charge in [0.15, 0.2) is 0 Å². The largest absolute Gasteiger partial charge is 0.497 e. The molecule has 0 bridgehead atoms. The zero-order chi connectivity index (χ0) is 25.4. The summed E-state index contributed by atoms with van der Waals surface area (Å²) in [5, 5.41) is 0.841. The van der Waals surface area contributed by atoms with E-state index in [0.29, 0.717) is 33.4 Å². The highest BCUT2D eigenvalue weighted by Crippen LogP contribution is 2.30. The number of pyridine rings is 1. The van der Waals surface area contributed by atoms with E-state index in [1.165, 1.54) is 4.31 Å². The lowest BCUT2D eigenvalue weighted by Gasteiger charge is -2.23. The number of aryl methyl sites for hydroxylation is 2. The molecule has 0 fully saturated rings. The Morgan fingerprint density at radius 3 is 2.50 bits per heavy atom. The molecule has 0 amide bonds. The molecule has 0 aliphatic heterocycles. The fourth-order valence-corrected chi connectivity index (χ4v) is 6.58. The minimum atomic E-state index is -4.07. The first-order chi connectivity index (χ1) is 17.3. The standard InChI is InChI=1S/C26H24N4O4S2/c1-16-4-10-22-19(12-16)13-20(26(31)27-22)15-30(14-18-6-8-21(34-3)9-7-18)36(32,33)25-17(2)5-11-23-24(25)29-35-28-23/h4-13H,14-15H2,1-3H3,(H,27,31). The van der Waals surface area contributed by atoms with Crippen molar-refractivity contribution < 1.29 is 13.2 Å². The van der Waals surface area contributed by atoms with Crippen LogP contribution in [0.15, 0.2) is 70.4 Å². The van der Waals surface area contributed by atoms with Gasteiger partial charge in [-0.25, -0.2) is 8.42 Å². The van der Waals surface area contributed by atoms with Crippen molar-refractivity contribution >= 4 is 43.7 Å². The normalized spacial score (nSPS) is 12.0. The van der Waals surface area contributed by atoms with Crippen molar-refractivity contribution in [2.75, 3.05) is 7.11 Å². The molecule has 0 radical (unpaired) electrons. The molecule has 8 nitrogen and oxygen atoms in total. The third kappa shape index (κ3) is 4.50. The van der Waals surface area contributed by atoms with Gasteiger partial charge in [0.25, 0.3) is 5.56 Å². The quantitative estimate of drug-likeness (QED) is 0.338. The van der Waals surface area contributed by atoms with Gasteiger partial charge in [0.1, 0.15) is 21.7 Å². The van der Waals surface area contributed by atoms with Gasteiger partial charge in [0.2, 0.25) is 10.0 Å². The number of H-pyrrole nitrogens is 1. The van der Waals surface area contributed by atoms with Gasteiger partial charge in [-0.1, -0.05) is 29.8 Å². The van der Waals surface area contributed by atoms with Crippen molar-refractivity contribution in [3.05, 3.63) is 93.3 Å². The number of sulfonamides is 1. The maximum Gasteiger partial charge on any atom is 0.252 e. The lowest BCUT2D eigenvalue weighted by molar-refractivity contribution is 0.398. The van der Waals surface area contributed by atoms with Crippen molar-refractivity contribution in [1.82, 2.24) is 18.0 Å². The Morgan fingerprint density at radius 1 is 0.972 bits per heavy atom. The molecule has 0 spiro atoms. The van der Waals surface area contributed by atoms with Crippen LogP contribution in [-0.4, -0.2) is 33.6 Å². The van der Waals surface area contributed by atoms with Gasteiger partial charge >= 0.3 is 0 Å². The Bertz CT molecular complexity index is 1740. The third-order valence-electron chi connectivity index (χ3n) is 6.12. The molecule has 0 saturated carbocycles. The summed E-state index contributed by atoms with van der Waals surface area (Å²) >= 11 is 0.969. The molecule has 2 aromatic heterocycles. The predicted octanol–water partition coefficient (Wildman–Crippen LogP) is 4.55. The van der Waals surface area contributed by atoms with Crippen LogP contribution in [0.5, 0.6) is 5.75 Å². The number of fused-ring (bicyclic) bond motifs is 2. The Kier molecular flexibility index (Phi) is 6.33. The molecule has 10 heteroatoms. The number of nitrogens with one attached hydrogen (secondary N) is 1. The summed E-state index contributed by atoms with van der Waals surface area (Å²) in [6.45, 7) is 3.66. The third-order valence-corrected chi connectivity index (χ3v) is 8.63. The molecular formula is C26H24N4O4S2. The van der Waals surface area contributed by atoms with Crippen molar-refractivity contribution in [2.24, 2.45) is 0 Å². The van der Waals surface area contributed by atoms with E-state index in [1.807, 2.05) is 37.3 Å². The average molecular weight is 521 g/mol. The number of ether oxygens (including phenoxy) is 1. The molecule has 2 heterocycles. The van der Waals surface area contributed by atoms with Gasteiger partial charge in [-0.3, -0.25) is 4.79 Å². The summed E-state index contributed by atoms with van der Waals surface area (Å²) in [4.78, 5) is 16.0. The molecule has 1 N–H and O–H groups in total. The Labute approximate surface area is 212 Å². The molecule has 184 valence electrons. The highest BCUT2D eigenvalue weighted by molar-refractivity contribution is 7.89. The predicted molar refractivity (Wildman–Crippen MR) is 141 cm³/mol. The van der Waals surface area contributed by atoms with E-state index < -0.39 is 10.0 Å². The van der Waals surface area contributed by atoms with Crippen molar-refractivity contribution in [2.45, 2.75) is 31.8 Å². The molecule has 5 rings (SSSR count). The second kappa shape index (κ2) is 9.45. The second-order valence-electron chi connectivity index (χ2n) is 8.68. The first-order valence-corrected chi connectivity index (χ1v) is 13.4. The van der Waals surface area contributed by atoms with E-state index in [4.69, 9.17) is 4.74 Å². The molecule has 36 heavy (non-hydrogen) atoms. The number of nitrogens with zero attached hydrogens (tertiary/aromatic N) is 3. The van der Waals surface area contributed by atoms with Crippen LogP contribution in [0.4, 0.5) is 0 Å². The molecular weight excluding hydrogens is 496 g/mol. The van der Waals surface area contributed by atoms with Crippen LogP contribution in [0.1, 0.15) is 22.3 Å². The zero-order valence-corrected chi connectivity index (χ0v) is 21.6. The van der Waals surface area contributed by atoms with Gasteiger partial charge in [0.05, 0.1) is 18.8 Å². The maximum absolute atomic E-state index is 14.2.